The van der Waals surface area contributed by atoms with Crippen molar-refractivity contribution in [1.82, 2.24) is 30.8 Å². The summed E-state index contributed by atoms with van der Waals surface area (Å²) in [5.74, 6) is -0.566. The van der Waals surface area contributed by atoms with E-state index in [0.717, 1.165) is 19.3 Å². The van der Waals surface area contributed by atoms with Gasteiger partial charge >= 0.3 is 0 Å². The predicted molar refractivity (Wildman–Crippen MR) is 194 cm³/mol. The van der Waals surface area contributed by atoms with Crippen molar-refractivity contribution < 1.29 is 23.1 Å². The molecule has 0 spiro atoms. The Hall–Kier alpha value is -4.36. The second kappa shape index (κ2) is 16.3. The van der Waals surface area contributed by atoms with Crippen molar-refractivity contribution in [3.05, 3.63) is 87.7 Å². The number of rotatable bonds is 12. The Kier molecular flexibility index (Phi) is 11.7. The highest BCUT2D eigenvalue weighted by Gasteiger charge is 2.23. The van der Waals surface area contributed by atoms with Gasteiger partial charge in [-0.05, 0) is 49.6 Å². The summed E-state index contributed by atoms with van der Waals surface area (Å²) >= 11 is 13.8. The average molecular weight is 739 g/mol. The van der Waals surface area contributed by atoms with E-state index < -0.39 is 11.6 Å². The number of anilines is 2. The number of hydrogen-bond acceptors (Lipinski definition) is 8. The summed E-state index contributed by atoms with van der Waals surface area (Å²) < 4.78 is 36.7. The fraction of sp³-hybridized carbons (Fsp3) is 0.351. The smallest absolute Gasteiger partial charge is 0.220 e. The highest BCUT2D eigenvalue weighted by atomic mass is 35.5. The van der Waals surface area contributed by atoms with Crippen LogP contribution in [0.1, 0.15) is 43.7 Å². The summed E-state index contributed by atoms with van der Waals surface area (Å²) in [4.78, 5) is 33.6. The number of halogens is 4. The summed E-state index contributed by atoms with van der Waals surface area (Å²) in [5, 5.41) is 13.1. The lowest BCUT2D eigenvalue weighted by molar-refractivity contribution is -0.130. The number of methoxy groups -OCH3 is 1. The van der Waals surface area contributed by atoms with Crippen molar-refractivity contribution in [3.63, 3.8) is 0 Å². The van der Waals surface area contributed by atoms with Gasteiger partial charge in [-0.2, -0.15) is 0 Å². The molecule has 10 nitrogen and oxygen atoms in total. The van der Waals surface area contributed by atoms with Crippen molar-refractivity contribution >= 4 is 46.5 Å². The lowest BCUT2D eigenvalue weighted by Gasteiger charge is -2.31. The Morgan fingerprint density at radius 2 is 1.78 bits per heavy atom. The number of likely N-dealkylation sites (tertiary alicyclic amines) is 1. The molecule has 1 unspecified atom stereocenters. The van der Waals surface area contributed by atoms with Crippen LogP contribution in [0.4, 0.5) is 20.3 Å². The van der Waals surface area contributed by atoms with Crippen LogP contribution in [-0.2, 0) is 22.7 Å². The van der Waals surface area contributed by atoms with Gasteiger partial charge in [0.05, 0.1) is 28.5 Å². The van der Waals surface area contributed by atoms with Gasteiger partial charge in [-0.1, -0.05) is 35.3 Å². The van der Waals surface area contributed by atoms with E-state index in [4.69, 9.17) is 27.9 Å². The molecule has 0 radical (unpaired) electrons. The first-order valence-corrected chi connectivity index (χ1v) is 17.6. The first kappa shape index (κ1) is 36.4. The third-order valence-corrected chi connectivity index (χ3v) is 10.1. The molecule has 51 heavy (non-hydrogen) atoms. The number of benzene rings is 2. The molecule has 6 rings (SSSR count). The van der Waals surface area contributed by atoms with Crippen LogP contribution in [0, 0.1) is 11.6 Å². The van der Waals surface area contributed by atoms with Gasteiger partial charge in [0, 0.05) is 98.4 Å². The molecule has 2 aliphatic heterocycles. The molecule has 4 aromatic rings. The molecule has 0 aliphatic carbocycles. The van der Waals surface area contributed by atoms with Crippen LogP contribution in [0.15, 0.2) is 54.9 Å². The van der Waals surface area contributed by atoms with Gasteiger partial charge < -0.3 is 30.9 Å². The minimum Gasteiger partial charge on any atom is -0.496 e. The zero-order valence-corrected chi connectivity index (χ0v) is 29.8. The molecule has 268 valence electrons. The van der Waals surface area contributed by atoms with Crippen molar-refractivity contribution in [2.24, 2.45) is 0 Å². The van der Waals surface area contributed by atoms with Gasteiger partial charge in [-0.3, -0.25) is 14.6 Å². The number of carbonyl (C=O) groups excluding carboxylic acids is 2. The van der Waals surface area contributed by atoms with Crippen LogP contribution in [-0.4, -0.2) is 65.5 Å². The van der Waals surface area contributed by atoms with Gasteiger partial charge in [0.1, 0.15) is 11.6 Å². The molecule has 2 fully saturated rings. The summed E-state index contributed by atoms with van der Waals surface area (Å²) in [7, 11) is 1.47. The Morgan fingerprint density at radius 3 is 2.51 bits per heavy atom. The first-order valence-electron chi connectivity index (χ1n) is 16.8. The number of pyridine rings is 2. The minimum atomic E-state index is -0.503. The van der Waals surface area contributed by atoms with E-state index >= 15 is 8.78 Å². The largest absolute Gasteiger partial charge is 0.496 e. The molecule has 2 aliphatic rings. The Bertz CT molecular complexity index is 1920. The number of aromatic nitrogens is 2. The standard InChI is InChI=1S/C37H39Cl2F2N7O3/c1-21(49)48-14-10-24(11-15-48)45-18-22-8-12-44-37(35(22)41)47-30-5-3-4-26(33(30)38)27-9-13-43-36(34(27)39)23-16-29(40)28(31(17-23)51-2)20-42-19-25-6-7-32(50)46-25/h3-5,8-9,12-13,16-17,24-25,42,45H,6-7,10-11,14-15,18-20H2,1-2H3,(H,44,47)(H,46,50). The zero-order valence-electron chi connectivity index (χ0n) is 28.3. The zero-order chi connectivity index (χ0) is 36.1. The number of carbonyl (C=O) groups is 2. The molecule has 4 N–H and O–H groups in total. The second-order valence-corrected chi connectivity index (χ2v) is 13.4. The molecule has 2 aromatic heterocycles. The lowest BCUT2D eigenvalue weighted by atomic mass is 10.0. The molecular weight excluding hydrogens is 699 g/mol. The Morgan fingerprint density at radius 1 is 1.02 bits per heavy atom. The fourth-order valence-electron chi connectivity index (χ4n) is 6.48. The van der Waals surface area contributed by atoms with E-state index in [2.05, 4.69) is 31.2 Å². The molecule has 4 heterocycles. The normalized spacial score (nSPS) is 16.3. The number of hydrogen-bond donors (Lipinski definition) is 4. The predicted octanol–water partition coefficient (Wildman–Crippen LogP) is 6.62. The second-order valence-electron chi connectivity index (χ2n) is 12.7. The van der Waals surface area contributed by atoms with Gasteiger partial charge in [-0.25, -0.2) is 13.8 Å². The van der Waals surface area contributed by atoms with E-state index in [1.54, 1.807) is 49.5 Å². The minimum absolute atomic E-state index is 0.00850. The third-order valence-electron chi connectivity index (χ3n) is 9.35. The van der Waals surface area contributed by atoms with Crippen LogP contribution in [0.3, 0.4) is 0 Å². The number of ether oxygens (including phenoxy) is 1. The highest BCUT2D eigenvalue weighted by Crippen LogP contribution is 2.42. The molecule has 0 bridgehead atoms. The van der Waals surface area contributed by atoms with Gasteiger partial charge in [-0.15, -0.1) is 0 Å². The van der Waals surface area contributed by atoms with Crippen LogP contribution >= 0.6 is 23.2 Å². The third kappa shape index (κ3) is 8.41. The van der Waals surface area contributed by atoms with Crippen LogP contribution in [0.2, 0.25) is 10.0 Å². The maximum Gasteiger partial charge on any atom is 0.220 e. The summed E-state index contributed by atoms with van der Waals surface area (Å²) in [6, 6.07) is 11.8. The highest BCUT2D eigenvalue weighted by molar-refractivity contribution is 6.39. The molecule has 2 saturated heterocycles. The summed E-state index contributed by atoms with van der Waals surface area (Å²) in [5.41, 5.74) is 3.04. The summed E-state index contributed by atoms with van der Waals surface area (Å²) in [6.07, 6.45) is 5.92. The topological polar surface area (TPSA) is 121 Å². The molecule has 0 saturated carbocycles. The fourth-order valence-corrected chi connectivity index (χ4v) is 7.08. The number of nitrogens with one attached hydrogen (secondary N) is 4. The van der Waals surface area contributed by atoms with Gasteiger partial charge in [0.25, 0.3) is 0 Å². The van der Waals surface area contributed by atoms with Crippen molar-refractivity contribution in [1.29, 1.82) is 0 Å². The molecule has 2 aromatic carbocycles. The van der Waals surface area contributed by atoms with E-state index in [0.29, 0.717) is 77.5 Å². The molecule has 14 heteroatoms. The maximum absolute atomic E-state index is 15.7. The SMILES string of the molecule is COc1cc(-c2nccc(-c3cccc(Nc4nccc(CNC5CCN(C(C)=O)CC5)c4F)c3Cl)c2Cl)cc(F)c1CNCC1CCC(=O)N1. The lowest BCUT2D eigenvalue weighted by Crippen LogP contribution is -2.44. The van der Waals surface area contributed by atoms with E-state index in [-0.39, 0.29) is 46.3 Å². The average Bonchev–Trinajstić information content (AvgIpc) is 3.54. The van der Waals surface area contributed by atoms with Gasteiger partial charge in [0.2, 0.25) is 11.8 Å². The monoisotopic (exact) mass is 737 g/mol. The Labute approximate surface area is 305 Å². The van der Waals surface area contributed by atoms with Crippen LogP contribution in [0.5, 0.6) is 5.75 Å². The van der Waals surface area contributed by atoms with Crippen molar-refractivity contribution in [3.8, 4) is 28.1 Å². The number of piperidine rings is 1. The molecular formula is C37H39Cl2F2N7O3. The van der Waals surface area contributed by atoms with Crippen LogP contribution in [0.25, 0.3) is 22.4 Å². The number of nitrogens with zero attached hydrogens (tertiary/aromatic N) is 3. The summed E-state index contributed by atoms with van der Waals surface area (Å²) in [6.45, 7) is 3.94. The van der Waals surface area contributed by atoms with Crippen molar-refractivity contribution in [2.75, 3.05) is 32.1 Å². The molecule has 2 amide bonds. The van der Waals surface area contributed by atoms with E-state index in [1.165, 1.54) is 19.4 Å². The van der Waals surface area contributed by atoms with E-state index in [1.807, 2.05) is 4.90 Å². The number of amides is 2. The quantitative estimate of drug-likeness (QED) is 0.128. The van der Waals surface area contributed by atoms with Crippen LogP contribution < -0.4 is 26.0 Å². The Balaban J connectivity index is 1.18. The van der Waals surface area contributed by atoms with Gasteiger partial charge in [0.15, 0.2) is 11.6 Å². The molecule has 1 atom stereocenters. The van der Waals surface area contributed by atoms with E-state index in [9.17, 15) is 9.59 Å². The first-order chi connectivity index (χ1) is 24.6. The van der Waals surface area contributed by atoms with Crippen molar-refractivity contribution in [2.45, 2.75) is 57.8 Å². The maximum atomic E-state index is 15.7.